The van der Waals surface area contributed by atoms with Crippen molar-refractivity contribution < 1.29 is 8.95 Å². The average Bonchev–Trinajstić information content (AvgIpc) is 2.64. The maximum Gasteiger partial charge on any atom is 0.0942 e. The minimum atomic E-state index is -0.756. The van der Waals surface area contributed by atoms with Crippen molar-refractivity contribution in [1.29, 1.82) is 0 Å². The fourth-order valence-corrected chi connectivity index (χ4v) is 5.05. The number of hydrogen-bond donors (Lipinski definition) is 0. The van der Waals surface area contributed by atoms with Gasteiger partial charge in [0.1, 0.15) is 0 Å². The van der Waals surface area contributed by atoms with Crippen molar-refractivity contribution in [2.75, 3.05) is 52.2 Å². The number of nitrogens with zero attached hydrogens (tertiary/aromatic N) is 3. The van der Waals surface area contributed by atoms with Gasteiger partial charge in [-0.25, -0.2) is 8.51 Å². The van der Waals surface area contributed by atoms with Gasteiger partial charge in [0.05, 0.1) is 17.3 Å². The quantitative estimate of drug-likeness (QED) is 0.337. The van der Waals surface area contributed by atoms with Gasteiger partial charge in [0, 0.05) is 52.2 Å². The summed E-state index contributed by atoms with van der Waals surface area (Å²) in [5, 5.41) is 0. The van der Waals surface area contributed by atoms with E-state index in [0.717, 1.165) is 70.3 Å². The average molecular weight is 372 g/mol. The second kappa shape index (κ2) is 12.0. The Hall–Kier alpha value is -0.460. The van der Waals surface area contributed by atoms with Crippen molar-refractivity contribution in [3.8, 4) is 0 Å². The minimum Gasteiger partial charge on any atom is -0.381 e. The molecule has 0 spiro atoms. The summed E-state index contributed by atoms with van der Waals surface area (Å²) >= 11 is 0. The Morgan fingerprint density at radius 1 is 1.12 bits per heavy atom. The summed E-state index contributed by atoms with van der Waals surface area (Å²) in [6, 6.07) is 0. The molecule has 0 aliphatic carbocycles. The molecule has 0 radical (unpaired) electrons. The first-order valence-electron chi connectivity index (χ1n) is 10.1. The lowest BCUT2D eigenvalue weighted by atomic mass is 9.92. The Morgan fingerprint density at radius 2 is 1.80 bits per heavy atom. The zero-order chi connectivity index (χ0) is 17.9. The van der Waals surface area contributed by atoms with Gasteiger partial charge in [-0.1, -0.05) is 6.92 Å². The van der Waals surface area contributed by atoms with Crippen LogP contribution in [0.25, 0.3) is 0 Å². The molecular formula is C19H37N3O2S. The highest BCUT2D eigenvalue weighted by Gasteiger charge is 2.22. The van der Waals surface area contributed by atoms with Crippen LogP contribution < -0.4 is 0 Å². The Labute approximate surface area is 156 Å². The third-order valence-corrected chi connectivity index (χ3v) is 7.12. The lowest BCUT2D eigenvalue weighted by Crippen LogP contribution is -2.37. The van der Waals surface area contributed by atoms with E-state index >= 15 is 0 Å². The number of likely N-dealkylation sites (tertiary alicyclic amines) is 1. The second-order valence-corrected chi connectivity index (χ2v) is 9.04. The first-order chi connectivity index (χ1) is 12.2. The summed E-state index contributed by atoms with van der Waals surface area (Å²) in [5.74, 6) is 2.33. The lowest BCUT2D eigenvalue weighted by molar-refractivity contribution is 0.0742. The molecule has 146 valence electrons. The zero-order valence-corrected chi connectivity index (χ0v) is 17.0. The lowest BCUT2D eigenvalue weighted by Gasteiger charge is -2.31. The van der Waals surface area contributed by atoms with Crippen molar-refractivity contribution in [2.45, 2.75) is 51.9 Å². The van der Waals surface area contributed by atoms with Gasteiger partial charge in [-0.15, -0.1) is 0 Å². The SMILES string of the molecule is CCCS(=O)N1CCC(COCCCC2CCN(C=NC)CC2)CC1. The van der Waals surface area contributed by atoms with Gasteiger partial charge in [0.15, 0.2) is 0 Å². The Balaban J connectivity index is 1.47. The molecule has 2 saturated heterocycles. The van der Waals surface area contributed by atoms with Crippen LogP contribution in [-0.2, 0) is 15.7 Å². The van der Waals surface area contributed by atoms with Gasteiger partial charge in [-0.2, -0.15) is 0 Å². The van der Waals surface area contributed by atoms with Crippen LogP contribution in [0, 0.1) is 11.8 Å². The third kappa shape index (κ3) is 7.75. The van der Waals surface area contributed by atoms with Gasteiger partial charge in [0.2, 0.25) is 0 Å². The van der Waals surface area contributed by atoms with Crippen LogP contribution in [0.2, 0.25) is 0 Å². The standard InChI is InChI=1S/C19H37N3O2S/c1-3-15-25(23)22-12-8-19(9-13-22)16-24-14-4-5-18-6-10-21(11-7-18)17-20-2/h17-19H,3-16H2,1-2H3. The highest BCUT2D eigenvalue weighted by Crippen LogP contribution is 2.22. The van der Waals surface area contributed by atoms with Crippen molar-refractivity contribution in [3.05, 3.63) is 0 Å². The molecule has 2 aliphatic rings. The summed E-state index contributed by atoms with van der Waals surface area (Å²) < 4.78 is 20.1. The van der Waals surface area contributed by atoms with E-state index in [4.69, 9.17) is 4.74 Å². The van der Waals surface area contributed by atoms with E-state index in [-0.39, 0.29) is 0 Å². The molecule has 1 unspecified atom stereocenters. The predicted octanol–water partition coefficient (Wildman–Crippen LogP) is 2.94. The molecule has 25 heavy (non-hydrogen) atoms. The predicted molar refractivity (Wildman–Crippen MR) is 106 cm³/mol. The fourth-order valence-electron chi connectivity index (χ4n) is 3.83. The number of piperidine rings is 2. The number of aliphatic imine (C=N–C) groups is 1. The van der Waals surface area contributed by atoms with Crippen molar-refractivity contribution in [3.63, 3.8) is 0 Å². The third-order valence-electron chi connectivity index (χ3n) is 5.42. The molecule has 0 bridgehead atoms. The smallest absolute Gasteiger partial charge is 0.0942 e. The van der Waals surface area contributed by atoms with E-state index < -0.39 is 11.0 Å². The molecule has 0 amide bonds. The topological polar surface area (TPSA) is 45.1 Å². The molecule has 2 aliphatic heterocycles. The summed E-state index contributed by atoms with van der Waals surface area (Å²) in [5.41, 5.74) is 0. The molecule has 0 aromatic carbocycles. The number of ether oxygens (including phenoxy) is 1. The maximum atomic E-state index is 12.0. The molecule has 2 rings (SSSR count). The van der Waals surface area contributed by atoms with Gasteiger partial charge >= 0.3 is 0 Å². The normalized spacial score (nSPS) is 22.7. The van der Waals surface area contributed by atoms with E-state index in [1.165, 1.54) is 25.7 Å². The molecule has 6 heteroatoms. The van der Waals surface area contributed by atoms with Gasteiger partial charge < -0.3 is 9.64 Å². The maximum absolute atomic E-state index is 12.0. The van der Waals surface area contributed by atoms with Crippen LogP contribution in [0.3, 0.4) is 0 Å². The van der Waals surface area contributed by atoms with Gasteiger partial charge in [-0.05, 0) is 56.8 Å². The molecule has 2 fully saturated rings. The molecule has 1 atom stereocenters. The van der Waals surface area contributed by atoms with E-state index in [0.29, 0.717) is 5.92 Å². The first kappa shape index (κ1) is 20.8. The van der Waals surface area contributed by atoms with Crippen molar-refractivity contribution in [1.82, 2.24) is 9.21 Å². The van der Waals surface area contributed by atoms with Crippen LogP contribution in [0.1, 0.15) is 51.9 Å². The van der Waals surface area contributed by atoms with E-state index in [2.05, 4.69) is 21.1 Å². The molecule has 5 nitrogen and oxygen atoms in total. The van der Waals surface area contributed by atoms with Crippen LogP contribution in [0.4, 0.5) is 0 Å². The summed E-state index contributed by atoms with van der Waals surface area (Å²) in [6.07, 6.45) is 10.3. The van der Waals surface area contributed by atoms with E-state index in [9.17, 15) is 4.21 Å². The molecule has 0 aromatic heterocycles. The highest BCUT2D eigenvalue weighted by molar-refractivity contribution is 7.82. The van der Waals surface area contributed by atoms with Crippen LogP contribution in [-0.4, -0.2) is 71.9 Å². The van der Waals surface area contributed by atoms with E-state index in [1.807, 2.05) is 13.4 Å². The first-order valence-corrected chi connectivity index (χ1v) is 11.4. The number of rotatable bonds is 10. The molecular weight excluding hydrogens is 334 g/mol. The second-order valence-electron chi connectivity index (χ2n) is 7.47. The fraction of sp³-hybridized carbons (Fsp3) is 0.947. The monoisotopic (exact) mass is 371 g/mol. The van der Waals surface area contributed by atoms with Crippen LogP contribution >= 0.6 is 0 Å². The molecule has 0 aromatic rings. The van der Waals surface area contributed by atoms with Crippen LogP contribution in [0.5, 0.6) is 0 Å². The Kier molecular flexibility index (Phi) is 10.0. The Bertz CT molecular complexity index is 403. The van der Waals surface area contributed by atoms with Crippen LogP contribution in [0.15, 0.2) is 4.99 Å². The van der Waals surface area contributed by atoms with Gasteiger partial charge in [0.25, 0.3) is 0 Å². The largest absolute Gasteiger partial charge is 0.381 e. The van der Waals surface area contributed by atoms with Crippen molar-refractivity contribution >= 4 is 17.3 Å². The van der Waals surface area contributed by atoms with E-state index in [1.54, 1.807) is 0 Å². The molecule has 0 N–H and O–H groups in total. The summed E-state index contributed by atoms with van der Waals surface area (Å²) in [6.45, 7) is 8.14. The Morgan fingerprint density at radius 3 is 2.44 bits per heavy atom. The van der Waals surface area contributed by atoms with Gasteiger partial charge in [-0.3, -0.25) is 4.99 Å². The van der Waals surface area contributed by atoms with Crippen molar-refractivity contribution in [2.24, 2.45) is 16.8 Å². The zero-order valence-electron chi connectivity index (χ0n) is 16.2. The highest BCUT2D eigenvalue weighted by atomic mass is 32.2. The summed E-state index contributed by atoms with van der Waals surface area (Å²) in [7, 11) is 1.09. The summed E-state index contributed by atoms with van der Waals surface area (Å²) in [4.78, 5) is 6.43. The number of hydrogen-bond acceptors (Lipinski definition) is 3. The minimum absolute atomic E-state index is 0.659. The molecule has 2 heterocycles. The molecule has 0 saturated carbocycles.